The third-order valence-corrected chi connectivity index (χ3v) is 4.07. The van der Waals surface area contributed by atoms with Crippen molar-refractivity contribution in [1.82, 2.24) is 14.8 Å². The van der Waals surface area contributed by atoms with E-state index in [4.69, 9.17) is 17.4 Å². The average molecular weight is 314 g/mol. The first-order chi connectivity index (χ1) is 10.1. The number of rotatable bonds is 10. The van der Waals surface area contributed by atoms with Crippen LogP contribution in [0.5, 0.6) is 0 Å². The van der Waals surface area contributed by atoms with Crippen molar-refractivity contribution >= 4 is 17.4 Å². The Kier molecular flexibility index (Phi) is 8.61. The molecule has 1 heterocycles. The van der Waals surface area contributed by atoms with Crippen molar-refractivity contribution in [2.24, 2.45) is 5.84 Å². The summed E-state index contributed by atoms with van der Waals surface area (Å²) in [6.07, 6.45) is 1.15. The highest BCUT2D eigenvalue weighted by molar-refractivity contribution is 6.31. The van der Waals surface area contributed by atoms with Gasteiger partial charge in [-0.1, -0.05) is 32.4 Å². The van der Waals surface area contributed by atoms with Gasteiger partial charge in [0.05, 0.1) is 10.7 Å². The second kappa shape index (κ2) is 9.95. The number of hydrazine groups is 1. The summed E-state index contributed by atoms with van der Waals surface area (Å²) in [5, 5.41) is 0.691. The van der Waals surface area contributed by atoms with Crippen molar-refractivity contribution in [2.75, 3.05) is 38.1 Å². The lowest BCUT2D eigenvalue weighted by Gasteiger charge is -2.23. The van der Waals surface area contributed by atoms with Crippen LogP contribution >= 0.6 is 11.6 Å². The molecule has 0 atom stereocenters. The lowest BCUT2D eigenvalue weighted by molar-refractivity contribution is 0.237. The van der Waals surface area contributed by atoms with Crippen LogP contribution in [-0.2, 0) is 6.54 Å². The smallest absolute Gasteiger partial charge is 0.140 e. The minimum Gasteiger partial charge on any atom is -0.308 e. The monoisotopic (exact) mass is 313 g/mol. The van der Waals surface area contributed by atoms with E-state index in [0.29, 0.717) is 10.8 Å². The van der Waals surface area contributed by atoms with E-state index in [1.54, 1.807) is 6.07 Å². The summed E-state index contributed by atoms with van der Waals surface area (Å²) < 4.78 is 0. The molecule has 0 spiro atoms. The number of aromatic nitrogens is 1. The molecule has 0 aliphatic carbocycles. The molecule has 1 rings (SSSR count). The molecule has 0 bridgehead atoms. The normalized spacial score (nSPS) is 11.4. The Bertz CT molecular complexity index is 409. The predicted octanol–water partition coefficient (Wildman–Crippen LogP) is 2.57. The fraction of sp³-hybridized carbons (Fsp3) is 0.667. The number of nitrogens with one attached hydrogen (secondary N) is 1. The summed E-state index contributed by atoms with van der Waals surface area (Å²) in [7, 11) is 0. The fourth-order valence-electron chi connectivity index (χ4n) is 2.29. The van der Waals surface area contributed by atoms with Gasteiger partial charge < -0.3 is 10.3 Å². The summed E-state index contributed by atoms with van der Waals surface area (Å²) in [6.45, 7) is 12.7. The van der Waals surface area contributed by atoms with E-state index < -0.39 is 0 Å². The van der Waals surface area contributed by atoms with Crippen LogP contribution in [0, 0.1) is 0 Å². The van der Waals surface area contributed by atoms with Crippen LogP contribution in [-0.4, -0.2) is 47.5 Å². The van der Waals surface area contributed by atoms with E-state index in [1.807, 2.05) is 6.07 Å². The topological polar surface area (TPSA) is 57.4 Å². The maximum atomic E-state index is 6.22. The third kappa shape index (κ3) is 6.18. The molecule has 0 unspecified atom stereocenters. The molecule has 1 aromatic rings. The summed E-state index contributed by atoms with van der Waals surface area (Å²) in [5.74, 6) is 6.05. The highest BCUT2D eigenvalue weighted by Gasteiger charge is 2.10. The largest absolute Gasteiger partial charge is 0.308 e. The molecular formula is C15H28ClN5. The van der Waals surface area contributed by atoms with Gasteiger partial charge >= 0.3 is 0 Å². The van der Waals surface area contributed by atoms with Gasteiger partial charge in [-0.3, -0.25) is 4.90 Å². The zero-order chi connectivity index (χ0) is 15.7. The first-order valence-corrected chi connectivity index (χ1v) is 8.09. The van der Waals surface area contributed by atoms with Crippen molar-refractivity contribution in [3.8, 4) is 0 Å². The summed E-state index contributed by atoms with van der Waals surface area (Å²) in [6, 6.07) is 3.62. The maximum absolute atomic E-state index is 6.22. The van der Waals surface area contributed by atoms with E-state index in [1.165, 1.54) is 0 Å². The molecule has 21 heavy (non-hydrogen) atoms. The Balaban J connectivity index is 2.53. The Hall–Kier alpha value is -0.880. The van der Waals surface area contributed by atoms with Crippen molar-refractivity contribution in [1.29, 1.82) is 0 Å². The van der Waals surface area contributed by atoms with Crippen molar-refractivity contribution in [2.45, 2.75) is 33.7 Å². The van der Waals surface area contributed by atoms with Gasteiger partial charge in [0.25, 0.3) is 0 Å². The van der Waals surface area contributed by atoms with E-state index in [-0.39, 0.29) is 0 Å². The Labute approximate surface area is 133 Å². The molecule has 0 aliphatic rings. The van der Waals surface area contributed by atoms with Gasteiger partial charge in [-0.25, -0.2) is 10.8 Å². The van der Waals surface area contributed by atoms with Crippen LogP contribution in [0.3, 0.4) is 0 Å². The first kappa shape index (κ1) is 18.2. The number of nitrogen functional groups attached to an aromatic ring is 1. The van der Waals surface area contributed by atoms with Gasteiger partial charge in [-0.05, 0) is 51.3 Å². The Morgan fingerprint density at radius 3 is 2.29 bits per heavy atom. The molecular weight excluding hydrogens is 286 g/mol. The summed E-state index contributed by atoms with van der Waals surface area (Å²) in [5.41, 5.74) is 3.44. The minimum absolute atomic E-state index is 0.647. The van der Waals surface area contributed by atoms with E-state index in [0.717, 1.165) is 51.4 Å². The molecule has 0 aliphatic heterocycles. The second-order valence-electron chi connectivity index (χ2n) is 5.02. The van der Waals surface area contributed by atoms with Crippen LogP contribution in [0.1, 0.15) is 32.9 Å². The highest BCUT2D eigenvalue weighted by atomic mass is 35.5. The highest BCUT2D eigenvalue weighted by Crippen LogP contribution is 2.18. The summed E-state index contributed by atoms with van der Waals surface area (Å²) >= 11 is 6.22. The molecule has 3 N–H and O–H groups in total. The summed E-state index contributed by atoms with van der Waals surface area (Å²) in [4.78, 5) is 9.24. The molecule has 1 aromatic heterocycles. The lowest BCUT2D eigenvalue weighted by Crippen LogP contribution is -2.30. The molecule has 0 aromatic carbocycles. The van der Waals surface area contributed by atoms with E-state index in [2.05, 4.69) is 41.0 Å². The zero-order valence-corrected chi connectivity index (χ0v) is 14.2. The SMILES string of the molecule is CCN(CC)CCCN(CC)Cc1nc(NN)ccc1Cl. The van der Waals surface area contributed by atoms with Crippen LogP contribution in [0.4, 0.5) is 5.82 Å². The molecule has 0 saturated heterocycles. The maximum Gasteiger partial charge on any atom is 0.140 e. The van der Waals surface area contributed by atoms with E-state index >= 15 is 0 Å². The van der Waals surface area contributed by atoms with Gasteiger partial charge in [0.15, 0.2) is 0 Å². The van der Waals surface area contributed by atoms with Crippen LogP contribution in [0.2, 0.25) is 5.02 Å². The van der Waals surface area contributed by atoms with Crippen molar-refractivity contribution in [3.63, 3.8) is 0 Å². The molecule has 6 heteroatoms. The standard InChI is InChI=1S/C15H28ClN5/c1-4-20(5-2)10-7-11-21(6-3)12-14-13(16)8-9-15(18-14)19-17/h8-9H,4-7,10-12,17H2,1-3H3,(H,18,19). The molecule has 5 nitrogen and oxygen atoms in total. The lowest BCUT2D eigenvalue weighted by atomic mass is 10.3. The van der Waals surface area contributed by atoms with Gasteiger partial charge in [0.2, 0.25) is 0 Å². The minimum atomic E-state index is 0.647. The average Bonchev–Trinajstić information content (AvgIpc) is 2.52. The molecule has 0 amide bonds. The zero-order valence-electron chi connectivity index (χ0n) is 13.4. The van der Waals surface area contributed by atoms with E-state index in [9.17, 15) is 0 Å². The number of hydrogen-bond donors (Lipinski definition) is 2. The van der Waals surface area contributed by atoms with Gasteiger partial charge in [-0.2, -0.15) is 0 Å². The van der Waals surface area contributed by atoms with Gasteiger partial charge in [0, 0.05) is 6.54 Å². The molecule has 0 saturated carbocycles. The number of pyridine rings is 1. The number of halogens is 1. The van der Waals surface area contributed by atoms with Crippen molar-refractivity contribution in [3.05, 3.63) is 22.8 Å². The quantitative estimate of drug-likeness (QED) is 0.513. The number of hydrogen-bond acceptors (Lipinski definition) is 5. The van der Waals surface area contributed by atoms with Gasteiger partial charge in [-0.15, -0.1) is 0 Å². The third-order valence-electron chi connectivity index (χ3n) is 3.73. The van der Waals surface area contributed by atoms with Crippen molar-refractivity contribution < 1.29 is 0 Å². The molecule has 120 valence electrons. The number of nitrogens with zero attached hydrogens (tertiary/aromatic N) is 3. The van der Waals surface area contributed by atoms with Crippen LogP contribution < -0.4 is 11.3 Å². The van der Waals surface area contributed by atoms with Crippen LogP contribution in [0.25, 0.3) is 0 Å². The van der Waals surface area contributed by atoms with Crippen LogP contribution in [0.15, 0.2) is 12.1 Å². The van der Waals surface area contributed by atoms with Gasteiger partial charge in [0.1, 0.15) is 5.82 Å². The Morgan fingerprint density at radius 1 is 1.10 bits per heavy atom. The number of anilines is 1. The second-order valence-corrected chi connectivity index (χ2v) is 5.43. The fourth-order valence-corrected chi connectivity index (χ4v) is 2.46. The Morgan fingerprint density at radius 2 is 1.71 bits per heavy atom. The first-order valence-electron chi connectivity index (χ1n) is 7.71. The predicted molar refractivity (Wildman–Crippen MR) is 90.4 cm³/mol. The molecule has 0 radical (unpaired) electrons. The number of nitrogens with two attached hydrogens (primary N) is 1. The molecule has 0 fully saturated rings.